The van der Waals surface area contributed by atoms with Crippen molar-refractivity contribution < 1.29 is 19.8 Å². The van der Waals surface area contributed by atoms with E-state index in [1.807, 2.05) is 24.3 Å². The van der Waals surface area contributed by atoms with Gasteiger partial charge in [-0.25, -0.2) is 0 Å². The number of benzene rings is 1. The molecule has 0 aromatic heterocycles. The summed E-state index contributed by atoms with van der Waals surface area (Å²) in [7, 11) is 0. The van der Waals surface area contributed by atoms with Crippen LogP contribution in [0, 0.1) is 11.8 Å². The van der Waals surface area contributed by atoms with Gasteiger partial charge >= 0.3 is 11.9 Å². The van der Waals surface area contributed by atoms with Crippen LogP contribution >= 0.6 is 0 Å². The average Bonchev–Trinajstić information content (AvgIpc) is 2.29. The normalized spacial score (nSPS) is 13.9. The van der Waals surface area contributed by atoms with Crippen molar-refractivity contribution in [3.8, 4) is 0 Å². The van der Waals surface area contributed by atoms with Crippen LogP contribution in [-0.4, -0.2) is 22.2 Å². The van der Waals surface area contributed by atoms with Crippen molar-refractivity contribution in [2.24, 2.45) is 11.8 Å². The van der Waals surface area contributed by atoms with Crippen LogP contribution in [0.1, 0.15) is 25.0 Å². The molecule has 2 N–H and O–H groups in total. The molecule has 4 nitrogen and oxygen atoms in total. The number of hydrogen-bond acceptors (Lipinski definition) is 2. The standard InChI is InChI=1S/C14H18O4/c1-9(13(15)16)6-11-4-3-5-12(8-11)7-10(2)14(17)18/h3-5,8-10H,6-7H2,1-2H3,(H,15,16)(H,17,18). The lowest BCUT2D eigenvalue weighted by Gasteiger charge is -2.10. The second-order valence-corrected chi connectivity index (χ2v) is 4.71. The molecule has 1 rings (SSSR count). The van der Waals surface area contributed by atoms with E-state index in [1.165, 1.54) is 0 Å². The Hall–Kier alpha value is -1.84. The summed E-state index contributed by atoms with van der Waals surface area (Å²) in [5.41, 5.74) is 1.86. The van der Waals surface area contributed by atoms with Crippen LogP contribution in [0.3, 0.4) is 0 Å². The molecular weight excluding hydrogens is 232 g/mol. The van der Waals surface area contributed by atoms with Gasteiger partial charge in [0, 0.05) is 0 Å². The molecule has 1 aromatic carbocycles. The number of carboxylic acid groups (broad SMARTS) is 2. The van der Waals surface area contributed by atoms with Crippen molar-refractivity contribution in [3.63, 3.8) is 0 Å². The average molecular weight is 250 g/mol. The van der Waals surface area contributed by atoms with Crippen molar-refractivity contribution >= 4 is 11.9 Å². The molecule has 2 unspecified atom stereocenters. The van der Waals surface area contributed by atoms with Crippen molar-refractivity contribution in [1.82, 2.24) is 0 Å². The van der Waals surface area contributed by atoms with Gasteiger partial charge in [-0.15, -0.1) is 0 Å². The van der Waals surface area contributed by atoms with E-state index in [2.05, 4.69) is 0 Å². The van der Waals surface area contributed by atoms with E-state index in [4.69, 9.17) is 10.2 Å². The molecular formula is C14H18O4. The number of hydrogen-bond donors (Lipinski definition) is 2. The van der Waals surface area contributed by atoms with Crippen LogP contribution in [0.2, 0.25) is 0 Å². The van der Waals surface area contributed by atoms with Crippen LogP contribution in [-0.2, 0) is 22.4 Å². The van der Waals surface area contributed by atoms with Gasteiger partial charge < -0.3 is 10.2 Å². The van der Waals surface area contributed by atoms with Crippen molar-refractivity contribution in [2.75, 3.05) is 0 Å². The Balaban J connectivity index is 2.73. The molecule has 0 radical (unpaired) electrons. The van der Waals surface area contributed by atoms with Gasteiger partial charge in [-0.1, -0.05) is 38.1 Å². The lowest BCUT2D eigenvalue weighted by Crippen LogP contribution is -2.14. The quantitative estimate of drug-likeness (QED) is 0.811. The van der Waals surface area contributed by atoms with Gasteiger partial charge in [-0.3, -0.25) is 9.59 Å². The SMILES string of the molecule is CC(Cc1cccc(CC(C)C(=O)O)c1)C(=O)O. The van der Waals surface area contributed by atoms with E-state index in [-0.39, 0.29) is 0 Å². The molecule has 0 spiro atoms. The third-order valence-electron chi connectivity index (χ3n) is 2.92. The zero-order valence-corrected chi connectivity index (χ0v) is 10.6. The first-order valence-electron chi connectivity index (χ1n) is 5.93. The van der Waals surface area contributed by atoms with E-state index in [9.17, 15) is 9.59 Å². The highest BCUT2D eigenvalue weighted by atomic mass is 16.4. The molecule has 18 heavy (non-hydrogen) atoms. The van der Waals surface area contributed by atoms with Gasteiger partial charge in [0.05, 0.1) is 11.8 Å². The first kappa shape index (κ1) is 14.2. The number of carboxylic acids is 2. The minimum Gasteiger partial charge on any atom is -0.481 e. The first-order chi connectivity index (χ1) is 8.40. The maximum absolute atomic E-state index is 10.8. The van der Waals surface area contributed by atoms with Crippen molar-refractivity contribution in [1.29, 1.82) is 0 Å². The Morgan fingerprint density at radius 1 is 1.00 bits per heavy atom. The summed E-state index contributed by atoms with van der Waals surface area (Å²) in [6, 6.07) is 7.47. The molecule has 0 bridgehead atoms. The maximum Gasteiger partial charge on any atom is 0.306 e. The summed E-state index contributed by atoms with van der Waals surface area (Å²) in [6.07, 6.45) is 0.926. The largest absolute Gasteiger partial charge is 0.481 e. The van der Waals surface area contributed by atoms with Gasteiger partial charge in [0.25, 0.3) is 0 Å². The Bertz CT molecular complexity index is 402. The molecule has 98 valence electrons. The van der Waals surface area contributed by atoms with Crippen molar-refractivity contribution in [3.05, 3.63) is 35.4 Å². The summed E-state index contributed by atoms with van der Waals surface area (Å²) >= 11 is 0. The number of carbonyl (C=O) groups is 2. The lowest BCUT2D eigenvalue weighted by atomic mass is 9.96. The molecule has 0 saturated heterocycles. The van der Waals surface area contributed by atoms with Gasteiger partial charge in [0.1, 0.15) is 0 Å². The molecule has 1 aromatic rings. The number of rotatable bonds is 6. The minimum atomic E-state index is -0.820. The van der Waals surface area contributed by atoms with Gasteiger partial charge in [0.2, 0.25) is 0 Å². The molecule has 0 aliphatic carbocycles. The van der Waals surface area contributed by atoms with E-state index in [0.717, 1.165) is 11.1 Å². The second-order valence-electron chi connectivity index (χ2n) is 4.71. The van der Waals surface area contributed by atoms with E-state index < -0.39 is 23.8 Å². The van der Waals surface area contributed by atoms with E-state index >= 15 is 0 Å². The Labute approximate surface area is 106 Å². The fourth-order valence-electron chi connectivity index (χ4n) is 1.77. The summed E-state index contributed by atoms with van der Waals surface area (Å²) in [4.78, 5) is 21.6. The molecule has 2 atom stereocenters. The van der Waals surface area contributed by atoms with Crippen molar-refractivity contribution in [2.45, 2.75) is 26.7 Å². The fraction of sp³-hybridized carbons (Fsp3) is 0.429. The van der Waals surface area contributed by atoms with Crippen LogP contribution in [0.15, 0.2) is 24.3 Å². The molecule has 0 amide bonds. The van der Waals surface area contributed by atoms with E-state index in [1.54, 1.807) is 13.8 Å². The summed E-state index contributed by atoms with van der Waals surface area (Å²) in [5, 5.41) is 17.7. The predicted octanol–water partition coefficient (Wildman–Crippen LogP) is 2.21. The summed E-state index contributed by atoms with van der Waals surface area (Å²) in [5.74, 6) is -2.51. The molecule has 0 aliphatic heterocycles. The lowest BCUT2D eigenvalue weighted by molar-refractivity contribution is -0.142. The highest BCUT2D eigenvalue weighted by Crippen LogP contribution is 2.14. The van der Waals surface area contributed by atoms with Crippen LogP contribution in [0.5, 0.6) is 0 Å². The zero-order valence-electron chi connectivity index (χ0n) is 10.6. The highest BCUT2D eigenvalue weighted by Gasteiger charge is 2.14. The minimum absolute atomic E-state index is 0.433. The molecule has 0 aliphatic rings. The highest BCUT2D eigenvalue weighted by molar-refractivity contribution is 5.70. The first-order valence-corrected chi connectivity index (χ1v) is 5.93. The van der Waals surface area contributed by atoms with Gasteiger partial charge in [-0.05, 0) is 24.0 Å². The zero-order chi connectivity index (χ0) is 13.7. The Kier molecular flexibility index (Phi) is 4.89. The predicted molar refractivity (Wildman–Crippen MR) is 67.4 cm³/mol. The topological polar surface area (TPSA) is 74.6 Å². The van der Waals surface area contributed by atoms with Crippen LogP contribution in [0.25, 0.3) is 0 Å². The second kappa shape index (κ2) is 6.19. The fourth-order valence-corrected chi connectivity index (χ4v) is 1.77. The molecule has 0 fully saturated rings. The monoisotopic (exact) mass is 250 g/mol. The van der Waals surface area contributed by atoms with Gasteiger partial charge in [-0.2, -0.15) is 0 Å². The molecule has 0 saturated carbocycles. The number of aliphatic carboxylic acids is 2. The Morgan fingerprint density at radius 2 is 1.39 bits per heavy atom. The summed E-state index contributed by atoms with van der Waals surface area (Å²) in [6.45, 7) is 3.32. The molecule has 4 heteroatoms. The van der Waals surface area contributed by atoms with Gasteiger partial charge in [0.15, 0.2) is 0 Å². The third kappa shape index (κ3) is 4.20. The van der Waals surface area contributed by atoms with Crippen LogP contribution in [0.4, 0.5) is 0 Å². The van der Waals surface area contributed by atoms with E-state index in [0.29, 0.717) is 12.8 Å². The summed E-state index contributed by atoms with van der Waals surface area (Å²) < 4.78 is 0. The van der Waals surface area contributed by atoms with Crippen LogP contribution < -0.4 is 0 Å². The molecule has 0 heterocycles. The third-order valence-corrected chi connectivity index (χ3v) is 2.92. The maximum atomic E-state index is 10.8. The Morgan fingerprint density at radius 3 is 1.72 bits per heavy atom. The smallest absolute Gasteiger partial charge is 0.306 e.